The third kappa shape index (κ3) is 4.93. The van der Waals surface area contributed by atoms with Crippen molar-refractivity contribution in [1.29, 1.82) is 0 Å². The lowest BCUT2D eigenvalue weighted by atomic mass is 10.1. The molecule has 0 saturated carbocycles. The number of halogens is 3. The Morgan fingerprint density at radius 2 is 1.93 bits per heavy atom. The smallest absolute Gasteiger partial charge is 0.406 e. The molecule has 5 nitrogen and oxygen atoms in total. The largest absolute Gasteiger partial charge is 0.490 e. The molecule has 3 heterocycles. The highest BCUT2D eigenvalue weighted by Crippen LogP contribution is 2.30. The molecule has 156 valence electrons. The topological polar surface area (TPSA) is 35.2 Å². The van der Waals surface area contributed by atoms with E-state index in [9.17, 15) is 13.2 Å². The second-order valence-corrected chi connectivity index (χ2v) is 7.69. The number of benzene rings is 1. The molecule has 0 amide bonds. The summed E-state index contributed by atoms with van der Waals surface area (Å²) in [6, 6.07) is 7.00. The molecule has 0 aliphatic carbocycles. The van der Waals surface area contributed by atoms with E-state index >= 15 is 0 Å². The summed E-state index contributed by atoms with van der Waals surface area (Å²) in [6.07, 6.45) is 3.02. The third-order valence-corrected chi connectivity index (χ3v) is 5.36. The normalized spacial score (nSPS) is 16.6. The van der Waals surface area contributed by atoms with Gasteiger partial charge in [-0.25, -0.2) is 0 Å². The van der Waals surface area contributed by atoms with Gasteiger partial charge in [0.2, 0.25) is 0 Å². The van der Waals surface area contributed by atoms with E-state index in [-0.39, 0.29) is 6.10 Å². The first-order chi connectivity index (χ1) is 13.9. The van der Waals surface area contributed by atoms with Crippen LogP contribution in [0.15, 0.2) is 42.9 Å². The Morgan fingerprint density at radius 3 is 2.62 bits per heavy atom. The predicted molar refractivity (Wildman–Crippen MR) is 105 cm³/mol. The minimum Gasteiger partial charge on any atom is -0.490 e. The van der Waals surface area contributed by atoms with Crippen LogP contribution in [0.25, 0.3) is 10.9 Å². The first kappa shape index (κ1) is 19.8. The van der Waals surface area contributed by atoms with Crippen LogP contribution < -0.4 is 4.74 Å². The fraction of sp³-hybridized carbons (Fsp3) is 0.476. The predicted octanol–water partition coefficient (Wildman–Crippen LogP) is 4.25. The van der Waals surface area contributed by atoms with Crippen molar-refractivity contribution in [1.82, 2.24) is 19.2 Å². The molecule has 1 aromatic carbocycles. The van der Waals surface area contributed by atoms with E-state index in [0.717, 1.165) is 50.0 Å². The number of hydrogen-bond acceptors (Lipinski definition) is 3. The Morgan fingerprint density at radius 1 is 1.14 bits per heavy atom. The van der Waals surface area contributed by atoms with Crippen LogP contribution in [0, 0.1) is 6.92 Å². The first-order valence-electron chi connectivity index (χ1n) is 9.90. The number of rotatable bonds is 6. The van der Waals surface area contributed by atoms with Crippen molar-refractivity contribution in [2.24, 2.45) is 0 Å². The maximum atomic E-state index is 12.8. The Labute approximate surface area is 167 Å². The molecule has 3 aromatic rings. The molecule has 0 radical (unpaired) electrons. The van der Waals surface area contributed by atoms with Crippen molar-refractivity contribution < 1.29 is 17.9 Å². The second kappa shape index (κ2) is 8.10. The Hall–Kier alpha value is -2.48. The number of aromatic nitrogens is 3. The van der Waals surface area contributed by atoms with Crippen LogP contribution in [0.2, 0.25) is 0 Å². The molecule has 4 rings (SSSR count). The molecular formula is C21H25F3N4O. The maximum absolute atomic E-state index is 12.8. The zero-order valence-corrected chi connectivity index (χ0v) is 16.4. The quantitative estimate of drug-likeness (QED) is 0.614. The zero-order chi connectivity index (χ0) is 20.4. The van der Waals surface area contributed by atoms with Crippen molar-refractivity contribution in [2.75, 3.05) is 19.6 Å². The SMILES string of the molecule is Cc1cnn(CCN2CCC(Oc3cccc4c3ccn4CC(F)(F)F)CC2)c1. The molecule has 29 heavy (non-hydrogen) atoms. The highest BCUT2D eigenvalue weighted by Gasteiger charge is 2.28. The molecule has 0 atom stereocenters. The summed E-state index contributed by atoms with van der Waals surface area (Å²) in [6.45, 7) is 4.74. The number of aryl methyl sites for hydroxylation is 1. The number of likely N-dealkylation sites (tertiary alicyclic amines) is 1. The number of fused-ring (bicyclic) bond motifs is 1. The van der Waals surface area contributed by atoms with Crippen molar-refractivity contribution >= 4 is 10.9 Å². The monoisotopic (exact) mass is 406 g/mol. The lowest BCUT2D eigenvalue weighted by Crippen LogP contribution is -2.39. The average molecular weight is 406 g/mol. The Kier molecular flexibility index (Phi) is 5.54. The van der Waals surface area contributed by atoms with Crippen molar-refractivity contribution in [2.45, 2.75) is 45.1 Å². The molecule has 8 heteroatoms. The van der Waals surface area contributed by atoms with Gasteiger partial charge in [-0.2, -0.15) is 18.3 Å². The highest BCUT2D eigenvalue weighted by atomic mass is 19.4. The number of ether oxygens (including phenoxy) is 1. The lowest BCUT2D eigenvalue weighted by Gasteiger charge is -2.32. The van der Waals surface area contributed by atoms with E-state index in [1.165, 1.54) is 10.8 Å². The van der Waals surface area contributed by atoms with Crippen LogP contribution in [0.1, 0.15) is 18.4 Å². The van der Waals surface area contributed by atoms with Gasteiger partial charge in [0.25, 0.3) is 0 Å². The van der Waals surface area contributed by atoms with Crippen LogP contribution >= 0.6 is 0 Å². The van der Waals surface area contributed by atoms with Crippen LogP contribution in [-0.2, 0) is 13.1 Å². The number of piperidine rings is 1. The molecule has 1 aliphatic rings. The van der Waals surface area contributed by atoms with Gasteiger partial charge in [-0.15, -0.1) is 0 Å². The Balaban J connectivity index is 1.34. The lowest BCUT2D eigenvalue weighted by molar-refractivity contribution is -0.139. The van der Waals surface area contributed by atoms with Crippen LogP contribution in [0.5, 0.6) is 5.75 Å². The number of alkyl halides is 3. The molecule has 0 bridgehead atoms. The number of hydrogen-bond donors (Lipinski definition) is 0. The molecule has 2 aromatic heterocycles. The van der Waals surface area contributed by atoms with Gasteiger partial charge in [0.15, 0.2) is 0 Å². The Bertz CT molecular complexity index is 954. The summed E-state index contributed by atoms with van der Waals surface area (Å²) in [5.41, 5.74) is 1.71. The molecule has 0 N–H and O–H groups in total. The van der Waals surface area contributed by atoms with Gasteiger partial charge in [0.1, 0.15) is 18.4 Å². The molecule has 1 fully saturated rings. The van der Waals surface area contributed by atoms with Crippen LogP contribution in [-0.4, -0.2) is 51.2 Å². The summed E-state index contributed by atoms with van der Waals surface area (Å²) < 4.78 is 47.7. The van der Waals surface area contributed by atoms with Crippen LogP contribution in [0.4, 0.5) is 13.2 Å². The first-order valence-corrected chi connectivity index (χ1v) is 9.90. The summed E-state index contributed by atoms with van der Waals surface area (Å²) >= 11 is 0. The molecular weight excluding hydrogens is 381 g/mol. The van der Waals surface area contributed by atoms with Gasteiger partial charge in [0.05, 0.1) is 18.3 Å². The van der Waals surface area contributed by atoms with Crippen molar-refractivity contribution in [3.63, 3.8) is 0 Å². The van der Waals surface area contributed by atoms with E-state index in [2.05, 4.69) is 10.00 Å². The average Bonchev–Trinajstić information content (AvgIpc) is 3.27. The maximum Gasteiger partial charge on any atom is 0.406 e. The van der Waals surface area contributed by atoms with Gasteiger partial charge >= 0.3 is 6.18 Å². The van der Waals surface area contributed by atoms with E-state index < -0.39 is 12.7 Å². The van der Waals surface area contributed by atoms with Gasteiger partial charge in [-0.3, -0.25) is 4.68 Å². The fourth-order valence-electron chi connectivity index (χ4n) is 3.89. The van der Waals surface area contributed by atoms with Gasteiger partial charge < -0.3 is 14.2 Å². The summed E-state index contributed by atoms with van der Waals surface area (Å²) in [5, 5.41) is 5.05. The van der Waals surface area contributed by atoms with Crippen molar-refractivity contribution in [3.8, 4) is 5.75 Å². The highest BCUT2D eigenvalue weighted by molar-refractivity contribution is 5.86. The summed E-state index contributed by atoms with van der Waals surface area (Å²) in [4.78, 5) is 2.40. The van der Waals surface area contributed by atoms with Gasteiger partial charge in [0, 0.05) is 37.4 Å². The minimum absolute atomic E-state index is 0.0785. The van der Waals surface area contributed by atoms with E-state index in [4.69, 9.17) is 4.74 Å². The third-order valence-electron chi connectivity index (χ3n) is 5.36. The van der Waals surface area contributed by atoms with Gasteiger partial charge in [-0.1, -0.05) is 6.07 Å². The van der Waals surface area contributed by atoms with E-state index in [0.29, 0.717) is 11.3 Å². The molecule has 1 aliphatic heterocycles. The number of nitrogens with zero attached hydrogens (tertiary/aromatic N) is 4. The van der Waals surface area contributed by atoms with Gasteiger partial charge in [-0.05, 0) is 43.5 Å². The van der Waals surface area contributed by atoms with Crippen LogP contribution in [0.3, 0.4) is 0 Å². The molecule has 1 saturated heterocycles. The van der Waals surface area contributed by atoms with E-state index in [1.54, 1.807) is 18.2 Å². The second-order valence-electron chi connectivity index (χ2n) is 7.69. The molecule has 0 unspecified atom stereocenters. The summed E-state index contributed by atoms with van der Waals surface area (Å²) in [5.74, 6) is 0.661. The summed E-state index contributed by atoms with van der Waals surface area (Å²) in [7, 11) is 0. The standard InChI is InChI=1S/C21H25F3N4O/c1-16-13-25-28(14-16)12-11-26-8-5-17(6-9-26)29-20-4-2-3-19-18(20)7-10-27(19)15-21(22,23)24/h2-4,7,10,13-14,17H,5-6,8-9,11-12,15H2,1H3. The van der Waals surface area contributed by atoms with Crippen molar-refractivity contribution in [3.05, 3.63) is 48.4 Å². The zero-order valence-electron chi connectivity index (χ0n) is 16.4. The van der Waals surface area contributed by atoms with E-state index in [1.807, 2.05) is 30.1 Å². The molecule has 0 spiro atoms. The fourth-order valence-corrected chi connectivity index (χ4v) is 3.89. The minimum atomic E-state index is -4.25.